The Morgan fingerprint density at radius 3 is 2.69 bits per heavy atom. The zero-order chi connectivity index (χ0) is 25.4. The van der Waals surface area contributed by atoms with Crippen molar-refractivity contribution < 1.29 is 28.6 Å². The second-order valence-electron chi connectivity index (χ2n) is 11.1. The Balaban J connectivity index is 1.61. The monoisotopic (exact) mass is 520 g/mol. The van der Waals surface area contributed by atoms with Crippen LogP contribution in [0.1, 0.15) is 57.0 Å². The van der Waals surface area contributed by atoms with E-state index in [0.29, 0.717) is 19.3 Å². The molecule has 0 aromatic carbocycles. The second-order valence-corrected chi connectivity index (χ2v) is 12.0. The Morgan fingerprint density at radius 1 is 1.29 bits per heavy atom. The third-order valence-corrected chi connectivity index (χ3v) is 10.9. The molecule has 35 heavy (non-hydrogen) atoms. The summed E-state index contributed by atoms with van der Waals surface area (Å²) in [7, 11) is 0. The zero-order valence-electron chi connectivity index (χ0n) is 20.1. The maximum atomic E-state index is 13.6. The third kappa shape index (κ3) is 3.02. The minimum atomic E-state index is -1.53. The standard InChI is InChI=1S/C27H30Cl2O6/c1-15-11-19-18-7-6-16-12-17(30)8-9-24(16,2)26(18,29)21(31)13-25(19,3)27(15,22(32)14-28)35-23(33)20-5-4-10-34-20/h4-5,8-10,12,15,18-19,21,31H,6-7,11,13-14H2,1-3H3/t15-,18+,19+,21?,24+,25?,26+,27+/m1/s1. The molecule has 1 aromatic heterocycles. The molecule has 3 saturated carbocycles. The molecule has 188 valence electrons. The molecule has 3 fully saturated rings. The lowest BCUT2D eigenvalue weighted by molar-refractivity contribution is -0.177. The van der Waals surface area contributed by atoms with Gasteiger partial charge in [-0.15, -0.1) is 23.2 Å². The fourth-order valence-electron chi connectivity index (χ4n) is 8.09. The molecule has 1 N–H and O–H groups in total. The van der Waals surface area contributed by atoms with Gasteiger partial charge in [-0.2, -0.15) is 0 Å². The van der Waals surface area contributed by atoms with Crippen molar-refractivity contribution >= 4 is 40.7 Å². The molecule has 4 aliphatic rings. The maximum Gasteiger partial charge on any atom is 0.375 e. The van der Waals surface area contributed by atoms with E-state index < -0.39 is 33.4 Å². The molecule has 2 unspecified atom stereocenters. The number of esters is 1. The first-order valence-electron chi connectivity index (χ1n) is 12.1. The number of aliphatic hydroxyl groups is 1. The molecular weight excluding hydrogens is 491 g/mol. The second kappa shape index (κ2) is 8.06. The number of carbonyl (C=O) groups is 3. The number of hydrogen-bond acceptors (Lipinski definition) is 6. The Bertz CT molecular complexity index is 1140. The molecule has 0 aliphatic heterocycles. The van der Waals surface area contributed by atoms with Crippen LogP contribution >= 0.6 is 23.2 Å². The zero-order valence-corrected chi connectivity index (χ0v) is 21.6. The van der Waals surface area contributed by atoms with E-state index in [9.17, 15) is 19.5 Å². The topological polar surface area (TPSA) is 93.8 Å². The first kappa shape index (κ1) is 24.8. The van der Waals surface area contributed by atoms with Crippen molar-refractivity contribution in [3.63, 3.8) is 0 Å². The van der Waals surface area contributed by atoms with Crippen LogP contribution in [0.4, 0.5) is 0 Å². The summed E-state index contributed by atoms with van der Waals surface area (Å²) >= 11 is 13.6. The highest BCUT2D eigenvalue weighted by atomic mass is 35.5. The molecule has 4 aliphatic carbocycles. The minimum Gasteiger partial charge on any atom is -0.457 e. The Kier molecular flexibility index (Phi) is 5.71. The van der Waals surface area contributed by atoms with Crippen molar-refractivity contribution in [2.24, 2.45) is 28.6 Å². The fourth-order valence-corrected chi connectivity index (χ4v) is 8.81. The summed E-state index contributed by atoms with van der Waals surface area (Å²) in [5.41, 5.74) is -2.20. The molecule has 0 bridgehead atoms. The summed E-state index contributed by atoms with van der Waals surface area (Å²) in [4.78, 5) is 37.7. The summed E-state index contributed by atoms with van der Waals surface area (Å²) < 4.78 is 11.3. The highest BCUT2D eigenvalue weighted by Crippen LogP contribution is 2.72. The van der Waals surface area contributed by atoms with Crippen molar-refractivity contribution in [1.82, 2.24) is 0 Å². The number of Topliss-reactive ketones (excluding diaryl/α,β-unsaturated/α-hetero) is 1. The lowest BCUT2D eigenvalue weighted by Gasteiger charge is -2.64. The molecule has 8 heteroatoms. The molecule has 5 rings (SSSR count). The third-order valence-electron chi connectivity index (χ3n) is 9.69. The van der Waals surface area contributed by atoms with Crippen LogP contribution in [0.5, 0.6) is 0 Å². The summed E-state index contributed by atoms with van der Waals surface area (Å²) in [5.74, 6) is -2.12. The lowest BCUT2D eigenvalue weighted by atomic mass is 9.45. The van der Waals surface area contributed by atoms with Crippen molar-refractivity contribution in [2.45, 2.75) is 63.0 Å². The first-order valence-corrected chi connectivity index (χ1v) is 13.0. The number of halogens is 2. The number of fused-ring (bicyclic) bond motifs is 5. The van der Waals surface area contributed by atoms with Gasteiger partial charge in [0, 0.05) is 16.7 Å². The van der Waals surface area contributed by atoms with E-state index in [1.54, 1.807) is 12.1 Å². The number of rotatable bonds is 4. The van der Waals surface area contributed by atoms with Crippen molar-refractivity contribution in [2.75, 3.05) is 5.88 Å². The first-order chi connectivity index (χ1) is 16.5. The van der Waals surface area contributed by atoms with Crippen LogP contribution in [-0.4, -0.2) is 45.1 Å². The number of hydrogen-bond donors (Lipinski definition) is 1. The van der Waals surface area contributed by atoms with Gasteiger partial charge in [0.1, 0.15) is 0 Å². The van der Waals surface area contributed by atoms with Crippen LogP contribution in [0.15, 0.2) is 46.6 Å². The molecule has 6 nitrogen and oxygen atoms in total. The average Bonchev–Trinajstić information content (AvgIpc) is 3.42. The summed E-state index contributed by atoms with van der Waals surface area (Å²) in [6.07, 6.45) is 7.44. The van der Waals surface area contributed by atoms with Crippen LogP contribution < -0.4 is 0 Å². The molecule has 0 saturated heterocycles. The van der Waals surface area contributed by atoms with Gasteiger partial charge in [0.25, 0.3) is 0 Å². The predicted molar refractivity (Wildman–Crippen MR) is 130 cm³/mol. The number of furan rings is 1. The fraction of sp³-hybridized carbons (Fsp3) is 0.593. The smallest absolute Gasteiger partial charge is 0.375 e. The van der Waals surface area contributed by atoms with Crippen molar-refractivity contribution in [1.29, 1.82) is 0 Å². The average molecular weight is 521 g/mol. The molecule has 0 spiro atoms. The van der Waals surface area contributed by atoms with Crippen molar-refractivity contribution in [3.05, 3.63) is 48.0 Å². The molecule has 0 radical (unpaired) electrons. The normalized spacial score (nSPS) is 44.2. The van der Waals surface area contributed by atoms with Gasteiger partial charge in [0.05, 0.1) is 23.1 Å². The van der Waals surface area contributed by atoms with Gasteiger partial charge in [-0.1, -0.05) is 32.4 Å². The summed E-state index contributed by atoms with van der Waals surface area (Å²) in [6, 6.07) is 3.07. The number of aliphatic hydroxyl groups excluding tert-OH is 1. The highest BCUT2D eigenvalue weighted by molar-refractivity contribution is 6.29. The van der Waals surface area contributed by atoms with E-state index >= 15 is 0 Å². The molecule has 1 aromatic rings. The van der Waals surface area contributed by atoms with Gasteiger partial charge in [-0.3, -0.25) is 9.59 Å². The largest absolute Gasteiger partial charge is 0.457 e. The molecule has 1 heterocycles. The van der Waals surface area contributed by atoms with E-state index in [0.717, 1.165) is 5.57 Å². The van der Waals surface area contributed by atoms with E-state index in [2.05, 4.69) is 0 Å². The van der Waals surface area contributed by atoms with Gasteiger partial charge >= 0.3 is 5.97 Å². The summed E-state index contributed by atoms with van der Waals surface area (Å²) in [5, 5.41) is 11.8. The number of allylic oxidation sites excluding steroid dienone is 4. The van der Waals surface area contributed by atoms with Crippen LogP contribution in [0, 0.1) is 28.6 Å². The van der Waals surface area contributed by atoms with E-state index in [1.807, 2.05) is 26.8 Å². The van der Waals surface area contributed by atoms with Gasteiger partial charge in [-0.25, -0.2) is 4.79 Å². The van der Waals surface area contributed by atoms with Crippen LogP contribution in [-0.2, 0) is 14.3 Å². The Hall–Kier alpha value is -1.89. The van der Waals surface area contributed by atoms with Crippen LogP contribution in [0.2, 0.25) is 0 Å². The van der Waals surface area contributed by atoms with E-state index in [4.69, 9.17) is 32.4 Å². The Morgan fingerprint density at radius 2 is 2.03 bits per heavy atom. The number of ether oxygens (including phenoxy) is 1. The van der Waals surface area contributed by atoms with Gasteiger partial charge in [-0.05, 0) is 61.8 Å². The quantitative estimate of drug-likeness (QED) is 0.449. The van der Waals surface area contributed by atoms with E-state index in [-0.39, 0.29) is 47.4 Å². The predicted octanol–water partition coefficient (Wildman–Crippen LogP) is 4.87. The number of carbonyl (C=O) groups excluding carboxylic acids is 3. The number of alkyl halides is 2. The molecular formula is C27H30Cl2O6. The molecule has 8 atom stereocenters. The maximum absolute atomic E-state index is 13.6. The minimum absolute atomic E-state index is 0.00557. The molecule has 0 amide bonds. The van der Waals surface area contributed by atoms with Crippen molar-refractivity contribution in [3.8, 4) is 0 Å². The van der Waals surface area contributed by atoms with E-state index in [1.165, 1.54) is 18.4 Å². The Labute approximate surface area is 214 Å². The lowest BCUT2D eigenvalue weighted by Crippen LogP contribution is -2.69. The summed E-state index contributed by atoms with van der Waals surface area (Å²) in [6.45, 7) is 5.81. The SMILES string of the molecule is C[C@@H]1C[C@H]2[C@@H]3CCC4=CC(=O)C=C[C@]4(C)[C@@]3(Cl)C(O)CC2(C)[C@@]1(OC(=O)c1ccco1)C(=O)CCl. The van der Waals surface area contributed by atoms with Crippen LogP contribution in [0.25, 0.3) is 0 Å². The van der Waals surface area contributed by atoms with Gasteiger partial charge in [0.2, 0.25) is 5.76 Å². The highest BCUT2D eigenvalue weighted by Gasteiger charge is 2.76. The van der Waals surface area contributed by atoms with Crippen LogP contribution in [0.3, 0.4) is 0 Å². The number of ketones is 2. The van der Waals surface area contributed by atoms with Gasteiger partial charge in [0.15, 0.2) is 17.2 Å². The van der Waals surface area contributed by atoms with Gasteiger partial charge < -0.3 is 14.3 Å².